The molecule has 0 bridgehead atoms. The van der Waals surface area contributed by atoms with Gasteiger partial charge in [-0.25, -0.2) is 0 Å². The molecule has 0 N–H and O–H groups in total. The van der Waals surface area contributed by atoms with Gasteiger partial charge in [0, 0.05) is 31.6 Å². The van der Waals surface area contributed by atoms with Crippen molar-refractivity contribution in [3.63, 3.8) is 0 Å². The molecular weight excluding hydrogens is 395 g/mol. The Morgan fingerprint density at radius 1 is 1.07 bits per heavy atom. The molecule has 0 aliphatic carbocycles. The summed E-state index contributed by atoms with van der Waals surface area (Å²) in [6.45, 7) is 3.11. The lowest BCUT2D eigenvalue weighted by Crippen LogP contribution is -2.52. The molecule has 1 aliphatic rings. The van der Waals surface area contributed by atoms with Crippen LogP contribution in [-0.4, -0.2) is 41.2 Å². The molecule has 144 valence electrons. The average Bonchev–Trinajstić information content (AvgIpc) is 2.73. The van der Waals surface area contributed by atoms with Crippen LogP contribution in [0.4, 0.5) is 0 Å². The van der Waals surface area contributed by atoms with Gasteiger partial charge in [0.25, 0.3) is 11.8 Å². The maximum Gasteiger partial charge on any atom is 0.298 e. The number of rotatable bonds is 2. The average molecular weight is 415 g/mol. The number of carbonyl (C=O) groups is 2. The standard InChI is InChI=1S/C22H20Cl2N2O2/c1-2-3-9-21(27)25-12-13-26(22(28)16-7-5-4-6-8-16)20(15-25)17-10-11-18(23)19(24)14-17/h4-8,10-11,14,20H,2,12-13,15H2,1H3. The molecule has 1 atom stereocenters. The molecule has 1 saturated heterocycles. The second-order valence-electron chi connectivity index (χ2n) is 6.46. The second kappa shape index (κ2) is 9.14. The molecule has 1 aliphatic heterocycles. The zero-order valence-electron chi connectivity index (χ0n) is 15.5. The second-order valence-corrected chi connectivity index (χ2v) is 7.27. The van der Waals surface area contributed by atoms with Gasteiger partial charge in [0.1, 0.15) is 0 Å². The Balaban J connectivity index is 1.93. The molecule has 0 aromatic heterocycles. The van der Waals surface area contributed by atoms with Gasteiger partial charge in [-0.05, 0) is 35.7 Å². The molecule has 1 fully saturated rings. The fourth-order valence-electron chi connectivity index (χ4n) is 3.21. The molecule has 1 heterocycles. The fraction of sp³-hybridized carbons (Fsp3) is 0.273. The highest BCUT2D eigenvalue weighted by atomic mass is 35.5. The Bertz CT molecular complexity index is 935. The SMILES string of the molecule is CCC#CC(=O)N1CCN(C(=O)c2ccccc2)C(c2ccc(Cl)c(Cl)c2)C1. The van der Waals surface area contributed by atoms with Crippen molar-refractivity contribution < 1.29 is 9.59 Å². The van der Waals surface area contributed by atoms with E-state index in [-0.39, 0.29) is 17.9 Å². The van der Waals surface area contributed by atoms with Gasteiger partial charge in [-0.15, -0.1) is 0 Å². The molecule has 0 radical (unpaired) electrons. The summed E-state index contributed by atoms with van der Waals surface area (Å²) in [5.41, 5.74) is 1.44. The van der Waals surface area contributed by atoms with Crippen LogP contribution >= 0.6 is 23.2 Å². The van der Waals surface area contributed by atoms with E-state index in [0.29, 0.717) is 41.7 Å². The van der Waals surface area contributed by atoms with Gasteiger partial charge >= 0.3 is 0 Å². The van der Waals surface area contributed by atoms with Gasteiger partial charge < -0.3 is 9.80 Å². The van der Waals surface area contributed by atoms with Crippen LogP contribution in [0.3, 0.4) is 0 Å². The van der Waals surface area contributed by atoms with Gasteiger partial charge in [-0.2, -0.15) is 0 Å². The molecule has 1 unspecified atom stereocenters. The summed E-state index contributed by atoms with van der Waals surface area (Å²) < 4.78 is 0. The monoisotopic (exact) mass is 414 g/mol. The van der Waals surface area contributed by atoms with Crippen LogP contribution in [0.25, 0.3) is 0 Å². The number of amides is 2. The largest absolute Gasteiger partial charge is 0.328 e. The lowest BCUT2D eigenvalue weighted by molar-refractivity contribution is -0.127. The zero-order valence-corrected chi connectivity index (χ0v) is 17.0. The van der Waals surface area contributed by atoms with Gasteiger partial charge in [-0.1, -0.05) is 60.3 Å². The van der Waals surface area contributed by atoms with E-state index < -0.39 is 0 Å². The highest BCUT2D eigenvalue weighted by Crippen LogP contribution is 2.31. The molecule has 4 nitrogen and oxygen atoms in total. The van der Waals surface area contributed by atoms with Crippen LogP contribution in [0.5, 0.6) is 0 Å². The normalized spacial score (nSPS) is 16.3. The Morgan fingerprint density at radius 2 is 1.82 bits per heavy atom. The predicted molar refractivity (Wildman–Crippen MR) is 111 cm³/mol. The summed E-state index contributed by atoms with van der Waals surface area (Å²) in [6, 6.07) is 14.1. The first-order valence-electron chi connectivity index (χ1n) is 9.10. The summed E-state index contributed by atoms with van der Waals surface area (Å²) >= 11 is 12.3. The Kier molecular flexibility index (Phi) is 6.61. The van der Waals surface area contributed by atoms with Crippen LogP contribution in [-0.2, 0) is 4.79 Å². The summed E-state index contributed by atoms with van der Waals surface area (Å²) in [4.78, 5) is 29.0. The third-order valence-corrected chi connectivity index (χ3v) is 5.39. The van der Waals surface area contributed by atoms with E-state index >= 15 is 0 Å². The van der Waals surface area contributed by atoms with Crippen molar-refractivity contribution in [2.24, 2.45) is 0 Å². The van der Waals surface area contributed by atoms with Crippen LogP contribution in [0, 0.1) is 11.8 Å². The lowest BCUT2D eigenvalue weighted by atomic mass is 10.0. The van der Waals surface area contributed by atoms with Crippen molar-refractivity contribution in [1.82, 2.24) is 9.80 Å². The van der Waals surface area contributed by atoms with E-state index in [4.69, 9.17) is 23.2 Å². The molecule has 0 spiro atoms. The molecule has 28 heavy (non-hydrogen) atoms. The zero-order chi connectivity index (χ0) is 20.1. The van der Waals surface area contributed by atoms with E-state index in [1.165, 1.54) is 0 Å². The summed E-state index contributed by atoms with van der Waals surface area (Å²) in [5, 5.41) is 0.865. The Hall–Kier alpha value is -2.48. The number of halogens is 2. The van der Waals surface area contributed by atoms with E-state index in [1.807, 2.05) is 31.2 Å². The first-order chi connectivity index (χ1) is 13.5. The lowest BCUT2D eigenvalue weighted by Gasteiger charge is -2.41. The molecule has 3 rings (SSSR count). The Morgan fingerprint density at radius 3 is 2.50 bits per heavy atom. The summed E-state index contributed by atoms with van der Waals surface area (Å²) in [6.07, 6.45) is 0.619. The van der Waals surface area contributed by atoms with Gasteiger partial charge in [0.2, 0.25) is 0 Å². The van der Waals surface area contributed by atoms with Crippen molar-refractivity contribution in [2.45, 2.75) is 19.4 Å². The van der Waals surface area contributed by atoms with Crippen molar-refractivity contribution >= 4 is 35.0 Å². The maximum atomic E-state index is 13.1. The third-order valence-electron chi connectivity index (χ3n) is 4.65. The molecule has 2 aromatic carbocycles. The number of carbonyl (C=O) groups excluding carboxylic acids is 2. The van der Waals surface area contributed by atoms with Gasteiger partial charge in [0.05, 0.1) is 16.1 Å². The van der Waals surface area contributed by atoms with Crippen molar-refractivity contribution in [3.8, 4) is 11.8 Å². The van der Waals surface area contributed by atoms with Gasteiger partial charge in [0.15, 0.2) is 0 Å². The quantitative estimate of drug-likeness (QED) is 0.681. The van der Waals surface area contributed by atoms with Crippen molar-refractivity contribution in [3.05, 3.63) is 69.7 Å². The van der Waals surface area contributed by atoms with Crippen LogP contribution in [0.2, 0.25) is 10.0 Å². The highest BCUT2D eigenvalue weighted by molar-refractivity contribution is 6.42. The summed E-state index contributed by atoms with van der Waals surface area (Å²) in [5.74, 6) is 5.17. The number of hydrogen-bond acceptors (Lipinski definition) is 2. The molecule has 2 amide bonds. The van der Waals surface area contributed by atoms with E-state index in [9.17, 15) is 9.59 Å². The van der Waals surface area contributed by atoms with E-state index in [2.05, 4.69) is 11.8 Å². The molecular formula is C22H20Cl2N2O2. The van der Waals surface area contributed by atoms with Crippen LogP contribution in [0.15, 0.2) is 48.5 Å². The third kappa shape index (κ3) is 4.49. The Labute approximate surface area is 175 Å². The number of hydrogen-bond donors (Lipinski definition) is 0. The maximum absolute atomic E-state index is 13.1. The first kappa shape index (κ1) is 20.3. The van der Waals surface area contributed by atoms with Crippen molar-refractivity contribution in [1.29, 1.82) is 0 Å². The van der Waals surface area contributed by atoms with E-state index in [0.717, 1.165) is 5.56 Å². The predicted octanol–water partition coefficient (Wildman–Crippen LogP) is 4.43. The minimum absolute atomic E-state index is 0.0802. The molecule has 6 heteroatoms. The van der Waals surface area contributed by atoms with Crippen molar-refractivity contribution in [2.75, 3.05) is 19.6 Å². The topological polar surface area (TPSA) is 40.6 Å². The minimum atomic E-state index is -0.330. The minimum Gasteiger partial charge on any atom is -0.328 e. The highest BCUT2D eigenvalue weighted by Gasteiger charge is 2.33. The molecule has 0 saturated carbocycles. The van der Waals surface area contributed by atoms with E-state index in [1.54, 1.807) is 34.1 Å². The number of benzene rings is 2. The van der Waals surface area contributed by atoms with Gasteiger partial charge in [-0.3, -0.25) is 9.59 Å². The number of piperazine rings is 1. The summed E-state index contributed by atoms with van der Waals surface area (Å²) in [7, 11) is 0. The first-order valence-corrected chi connectivity index (χ1v) is 9.85. The smallest absolute Gasteiger partial charge is 0.298 e. The van der Waals surface area contributed by atoms with Crippen LogP contribution in [0.1, 0.15) is 35.3 Å². The molecule has 2 aromatic rings. The number of nitrogens with zero attached hydrogens (tertiary/aromatic N) is 2. The fourth-order valence-corrected chi connectivity index (χ4v) is 3.51. The van der Waals surface area contributed by atoms with Crippen LogP contribution < -0.4 is 0 Å².